The second-order valence-corrected chi connectivity index (χ2v) is 2.90. The Morgan fingerprint density at radius 3 is 2.94 bits per heavy atom. The summed E-state index contributed by atoms with van der Waals surface area (Å²) in [6, 6.07) is 0. The number of carboxylic acids is 1. The van der Waals surface area contributed by atoms with Crippen LogP contribution in [0.5, 0.6) is 0 Å². The molecule has 2 rings (SSSR count). The van der Waals surface area contributed by atoms with Gasteiger partial charge in [-0.15, -0.1) is 0 Å². The lowest BCUT2D eigenvalue weighted by molar-refractivity contribution is -0.135. The van der Waals surface area contributed by atoms with Crippen molar-refractivity contribution >= 4 is 23.0 Å². The van der Waals surface area contributed by atoms with Gasteiger partial charge in [0.2, 0.25) is 0 Å². The van der Waals surface area contributed by atoms with Gasteiger partial charge in [-0.3, -0.25) is 9.59 Å². The van der Waals surface area contributed by atoms with Gasteiger partial charge in [0.1, 0.15) is 18.4 Å². The number of aromatic amines is 1. The number of nitrogens with one attached hydrogen (secondary N) is 2. The third kappa shape index (κ3) is 1.80. The molecule has 0 unspecified atom stereocenters. The lowest BCUT2D eigenvalue weighted by atomic mass is 10.3. The number of imidazole rings is 1. The van der Waals surface area contributed by atoms with Crippen molar-refractivity contribution in [1.82, 2.24) is 25.3 Å². The highest BCUT2D eigenvalue weighted by Gasteiger charge is 2.14. The number of hydrogen-bond acceptors (Lipinski definition) is 5. The van der Waals surface area contributed by atoms with E-state index in [1.165, 1.54) is 12.7 Å². The van der Waals surface area contributed by atoms with Crippen molar-refractivity contribution in [3.05, 3.63) is 18.3 Å². The molecule has 0 saturated carbocycles. The average Bonchev–Trinajstić information content (AvgIpc) is 2.73. The van der Waals surface area contributed by atoms with Crippen molar-refractivity contribution < 1.29 is 14.7 Å². The van der Waals surface area contributed by atoms with E-state index in [0.29, 0.717) is 11.2 Å². The van der Waals surface area contributed by atoms with Crippen LogP contribution in [0, 0.1) is 0 Å². The maximum atomic E-state index is 11.5. The van der Waals surface area contributed by atoms with Crippen molar-refractivity contribution in [3.63, 3.8) is 0 Å². The Balaban J connectivity index is 2.29. The number of rotatable bonds is 3. The van der Waals surface area contributed by atoms with Crippen LogP contribution in [0.2, 0.25) is 0 Å². The number of hydrogen-bond donors (Lipinski definition) is 3. The summed E-state index contributed by atoms with van der Waals surface area (Å²) < 4.78 is 0. The normalized spacial score (nSPS) is 10.2. The van der Waals surface area contributed by atoms with Crippen LogP contribution in [0.3, 0.4) is 0 Å². The molecule has 3 N–H and O–H groups in total. The van der Waals surface area contributed by atoms with E-state index in [1.54, 1.807) is 0 Å². The van der Waals surface area contributed by atoms with Crippen LogP contribution in [-0.2, 0) is 4.79 Å². The quantitative estimate of drug-likeness (QED) is 0.621. The third-order valence-electron chi connectivity index (χ3n) is 1.84. The highest BCUT2D eigenvalue weighted by atomic mass is 16.4. The molecule has 0 aliphatic carbocycles. The Kier molecular flexibility index (Phi) is 2.46. The number of H-pyrrole nitrogens is 1. The fraction of sp³-hybridized carbons (Fsp3) is 0.125. The molecule has 8 nitrogen and oxygen atoms in total. The van der Waals surface area contributed by atoms with E-state index in [9.17, 15) is 9.59 Å². The van der Waals surface area contributed by atoms with Crippen LogP contribution >= 0.6 is 0 Å². The second-order valence-electron chi connectivity index (χ2n) is 2.90. The monoisotopic (exact) mass is 221 g/mol. The lowest BCUT2D eigenvalue weighted by Gasteiger charge is -2.01. The molecule has 0 radical (unpaired) electrons. The average molecular weight is 221 g/mol. The van der Waals surface area contributed by atoms with Gasteiger partial charge in [-0.05, 0) is 0 Å². The Morgan fingerprint density at radius 1 is 1.38 bits per heavy atom. The van der Waals surface area contributed by atoms with Gasteiger partial charge in [-0.25, -0.2) is 15.0 Å². The molecule has 0 bridgehead atoms. The molecule has 1 amide bonds. The summed E-state index contributed by atoms with van der Waals surface area (Å²) in [5, 5.41) is 10.6. The molecule has 8 heteroatoms. The van der Waals surface area contributed by atoms with Crippen LogP contribution in [0.15, 0.2) is 12.7 Å². The van der Waals surface area contributed by atoms with E-state index in [4.69, 9.17) is 5.11 Å². The molecule has 0 saturated heterocycles. The predicted octanol–water partition coefficient (Wildman–Crippen LogP) is -0.833. The standard InChI is InChI=1S/C8H7N5O3/c14-4(15)1-9-8(16)6-5-7(12-2-10-5)13-3-11-6/h2-3H,1H2,(H,9,16)(H,14,15)(H,10,11,12,13). The van der Waals surface area contributed by atoms with Crippen LogP contribution < -0.4 is 5.32 Å². The smallest absolute Gasteiger partial charge is 0.322 e. The van der Waals surface area contributed by atoms with Gasteiger partial charge < -0.3 is 15.4 Å². The molecule has 16 heavy (non-hydrogen) atoms. The molecule has 82 valence electrons. The highest BCUT2D eigenvalue weighted by Crippen LogP contribution is 2.08. The molecule has 2 aromatic rings. The molecule has 2 heterocycles. The van der Waals surface area contributed by atoms with E-state index >= 15 is 0 Å². The van der Waals surface area contributed by atoms with E-state index < -0.39 is 18.4 Å². The number of carbonyl (C=O) groups is 2. The van der Waals surface area contributed by atoms with Gasteiger partial charge in [-0.1, -0.05) is 0 Å². The molecule has 0 aliphatic heterocycles. The van der Waals surface area contributed by atoms with Gasteiger partial charge in [0.25, 0.3) is 5.91 Å². The Bertz CT molecular complexity index is 549. The summed E-state index contributed by atoms with van der Waals surface area (Å²) in [7, 11) is 0. The largest absolute Gasteiger partial charge is 0.480 e. The first-order valence-electron chi connectivity index (χ1n) is 4.32. The van der Waals surface area contributed by atoms with Crippen molar-refractivity contribution in [2.45, 2.75) is 0 Å². The molecular weight excluding hydrogens is 214 g/mol. The Hall–Kier alpha value is -2.51. The molecule has 0 aromatic carbocycles. The number of carbonyl (C=O) groups excluding carboxylic acids is 1. The number of carboxylic acid groups (broad SMARTS) is 1. The summed E-state index contributed by atoms with van der Waals surface area (Å²) in [4.78, 5) is 36.0. The number of aliphatic carboxylic acids is 1. The minimum atomic E-state index is -1.12. The summed E-state index contributed by atoms with van der Waals surface area (Å²) in [5.74, 6) is -1.71. The molecular formula is C8H7N5O3. The molecule has 0 spiro atoms. The number of nitrogens with zero attached hydrogens (tertiary/aromatic N) is 3. The first kappa shape index (κ1) is 10.0. The summed E-state index contributed by atoms with van der Waals surface area (Å²) in [6.07, 6.45) is 2.58. The fourth-order valence-corrected chi connectivity index (χ4v) is 1.18. The van der Waals surface area contributed by atoms with Crippen LogP contribution in [0.4, 0.5) is 0 Å². The molecule has 0 fully saturated rings. The van der Waals surface area contributed by atoms with E-state index in [0.717, 1.165) is 0 Å². The molecule has 0 aliphatic rings. The second kappa shape index (κ2) is 3.93. The molecule has 2 aromatic heterocycles. The summed E-state index contributed by atoms with van der Waals surface area (Å²) >= 11 is 0. The highest BCUT2D eigenvalue weighted by molar-refractivity contribution is 6.02. The zero-order valence-electron chi connectivity index (χ0n) is 7.97. The number of amides is 1. The van der Waals surface area contributed by atoms with E-state index in [1.807, 2.05) is 0 Å². The van der Waals surface area contributed by atoms with Gasteiger partial charge in [0.15, 0.2) is 11.3 Å². The van der Waals surface area contributed by atoms with Gasteiger partial charge in [0, 0.05) is 0 Å². The van der Waals surface area contributed by atoms with Crippen molar-refractivity contribution in [2.24, 2.45) is 0 Å². The zero-order valence-corrected chi connectivity index (χ0v) is 7.97. The first-order valence-corrected chi connectivity index (χ1v) is 4.32. The predicted molar refractivity (Wildman–Crippen MR) is 51.7 cm³/mol. The van der Waals surface area contributed by atoms with E-state index in [2.05, 4.69) is 25.3 Å². The third-order valence-corrected chi connectivity index (χ3v) is 1.84. The zero-order chi connectivity index (χ0) is 11.5. The number of fused-ring (bicyclic) bond motifs is 1. The fourth-order valence-electron chi connectivity index (χ4n) is 1.18. The maximum absolute atomic E-state index is 11.5. The summed E-state index contributed by atoms with van der Waals surface area (Å²) in [6.45, 7) is -0.460. The van der Waals surface area contributed by atoms with Crippen molar-refractivity contribution in [1.29, 1.82) is 0 Å². The van der Waals surface area contributed by atoms with Crippen LogP contribution in [0.25, 0.3) is 11.2 Å². The Morgan fingerprint density at radius 2 is 2.19 bits per heavy atom. The maximum Gasteiger partial charge on any atom is 0.322 e. The SMILES string of the molecule is O=C(O)CNC(=O)c1ncnc2nc[nH]c12. The van der Waals surface area contributed by atoms with E-state index in [-0.39, 0.29) is 5.69 Å². The van der Waals surface area contributed by atoms with Crippen molar-refractivity contribution in [2.75, 3.05) is 6.54 Å². The van der Waals surface area contributed by atoms with Crippen LogP contribution in [-0.4, -0.2) is 43.5 Å². The molecule has 0 atom stereocenters. The number of aromatic nitrogens is 4. The lowest BCUT2D eigenvalue weighted by Crippen LogP contribution is -2.30. The van der Waals surface area contributed by atoms with Gasteiger partial charge in [-0.2, -0.15) is 0 Å². The van der Waals surface area contributed by atoms with Gasteiger partial charge >= 0.3 is 5.97 Å². The topological polar surface area (TPSA) is 121 Å². The van der Waals surface area contributed by atoms with Crippen LogP contribution in [0.1, 0.15) is 10.5 Å². The first-order chi connectivity index (χ1) is 7.68. The Labute approximate surface area is 88.7 Å². The minimum absolute atomic E-state index is 0.0729. The minimum Gasteiger partial charge on any atom is -0.480 e. The van der Waals surface area contributed by atoms with Gasteiger partial charge in [0.05, 0.1) is 6.33 Å². The van der Waals surface area contributed by atoms with Crippen molar-refractivity contribution in [3.8, 4) is 0 Å². The summed E-state index contributed by atoms with van der Waals surface area (Å²) in [5.41, 5.74) is 0.810.